The molecule has 0 unspecified atom stereocenters. The first kappa shape index (κ1) is 21.1. The summed E-state index contributed by atoms with van der Waals surface area (Å²) in [5.41, 5.74) is 4.05. The van der Waals surface area contributed by atoms with E-state index in [0.717, 1.165) is 11.1 Å². The zero-order valence-corrected chi connectivity index (χ0v) is 18.3. The van der Waals surface area contributed by atoms with Gasteiger partial charge in [0.25, 0.3) is 0 Å². The Morgan fingerprint density at radius 1 is 1.10 bits per heavy atom. The van der Waals surface area contributed by atoms with Gasteiger partial charge in [-0.3, -0.25) is 4.79 Å². The number of Topliss-reactive ketones (excluding diaryl/α,β-unsaturated/α-hetero) is 1. The monoisotopic (exact) mass is 436 g/mol. The van der Waals surface area contributed by atoms with Gasteiger partial charge in [0.1, 0.15) is 23.9 Å². The van der Waals surface area contributed by atoms with E-state index in [1.54, 1.807) is 24.3 Å². The molecule has 0 radical (unpaired) electrons. The van der Waals surface area contributed by atoms with Gasteiger partial charge in [-0.25, -0.2) is 4.39 Å². The van der Waals surface area contributed by atoms with Crippen molar-refractivity contribution in [3.63, 3.8) is 0 Å². The van der Waals surface area contributed by atoms with Gasteiger partial charge in [0.2, 0.25) is 5.78 Å². The Labute approximate surface area is 186 Å². The van der Waals surface area contributed by atoms with E-state index in [0.29, 0.717) is 33.6 Å². The Balaban J connectivity index is 1.54. The van der Waals surface area contributed by atoms with Crippen LogP contribution in [0.5, 0.6) is 11.5 Å². The largest absolute Gasteiger partial charge is 0.488 e. The van der Waals surface area contributed by atoms with E-state index in [1.165, 1.54) is 17.7 Å². The Morgan fingerprint density at radius 2 is 1.84 bits per heavy atom. The molecule has 0 bridgehead atoms. The molecule has 3 aromatic carbocycles. The summed E-state index contributed by atoms with van der Waals surface area (Å²) in [6.45, 7) is 6.30. The van der Waals surface area contributed by atoms with Crippen molar-refractivity contribution < 1.29 is 18.7 Å². The highest BCUT2D eigenvalue weighted by Gasteiger charge is 2.30. The zero-order valence-electron chi connectivity index (χ0n) is 17.5. The van der Waals surface area contributed by atoms with Crippen LogP contribution in [0, 0.1) is 12.7 Å². The smallest absolute Gasteiger partial charge is 0.231 e. The quantitative estimate of drug-likeness (QED) is 0.400. The summed E-state index contributed by atoms with van der Waals surface area (Å²) < 4.78 is 25.0. The maximum absolute atomic E-state index is 13.2. The number of allylic oxidation sites excluding steroid dienone is 1. The normalized spacial score (nSPS) is 14.1. The van der Waals surface area contributed by atoms with E-state index in [2.05, 4.69) is 26.0 Å². The van der Waals surface area contributed by atoms with Crippen molar-refractivity contribution in [2.24, 2.45) is 0 Å². The molecule has 158 valence electrons. The molecule has 0 N–H and O–H groups in total. The van der Waals surface area contributed by atoms with E-state index in [9.17, 15) is 9.18 Å². The van der Waals surface area contributed by atoms with Gasteiger partial charge in [0.05, 0.1) is 10.6 Å². The van der Waals surface area contributed by atoms with Gasteiger partial charge in [0, 0.05) is 11.1 Å². The van der Waals surface area contributed by atoms with Gasteiger partial charge in [0.15, 0.2) is 5.76 Å². The lowest BCUT2D eigenvalue weighted by molar-refractivity contribution is 0.101. The Bertz CT molecular complexity index is 1180. The van der Waals surface area contributed by atoms with Crippen LogP contribution in [-0.4, -0.2) is 5.78 Å². The van der Waals surface area contributed by atoms with Crippen molar-refractivity contribution in [3.05, 3.63) is 99.0 Å². The zero-order chi connectivity index (χ0) is 22.1. The van der Waals surface area contributed by atoms with Gasteiger partial charge >= 0.3 is 0 Å². The number of carbonyl (C=O) groups is 1. The first-order valence-electron chi connectivity index (χ1n) is 10.1. The topological polar surface area (TPSA) is 35.5 Å². The van der Waals surface area contributed by atoms with Crippen molar-refractivity contribution >= 4 is 23.5 Å². The fourth-order valence-corrected chi connectivity index (χ4v) is 3.67. The molecule has 0 amide bonds. The van der Waals surface area contributed by atoms with Gasteiger partial charge in [-0.05, 0) is 54.3 Å². The molecule has 0 saturated carbocycles. The number of ether oxygens (including phenoxy) is 2. The molecule has 1 aliphatic heterocycles. The molecular formula is C26H22ClFO3. The number of benzene rings is 3. The Morgan fingerprint density at radius 3 is 2.52 bits per heavy atom. The van der Waals surface area contributed by atoms with Gasteiger partial charge in [-0.15, -0.1) is 0 Å². The molecule has 0 aliphatic carbocycles. The minimum atomic E-state index is -0.396. The van der Waals surface area contributed by atoms with Crippen LogP contribution in [0.2, 0.25) is 5.02 Å². The summed E-state index contributed by atoms with van der Waals surface area (Å²) >= 11 is 6.07. The van der Waals surface area contributed by atoms with Crippen molar-refractivity contribution in [2.75, 3.05) is 0 Å². The first-order chi connectivity index (χ1) is 14.8. The summed E-state index contributed by atoms with van der Waals surface area (Å²) in [7, 11) is 0. The minimum Gasteiger partial charge on any atom is -0.488 e. The molecule has 4 rings (SSSR count). The van der Waals surface area contributed by atoms with Gasteiger partial charge < -0.3 is 9.47 Å². The van der Waals surface area contributed by atoms with Crippen LogP contribution in [0.3, 0.4) is 0 Å². The van der Waals surface area contributed by atoms with E-state index < -0.39 is 5.82 Å². The average Bonchev–Trinajstić information content (AvgIpc) is 3.05. The van der Waals surface area contributed by atoms with Crippen LogP contribution < -0.4 is 9.47 Å². The van der Waals surface area contributed by atoms with Crippen molar-refractivity contribution in [3.8, 4) is 11.5 Å². The summed E-state index contributed by atoms with van der Waals surface area (Å²) in [5.74, 6) is 1.26. The minimum absolute atomic E-state index is 0.154. The van der Waals surface area contributed by atoms with E-state index in [-0.39, 0.29) is 18.1 Å². The van der Waals surface area contributed by atoms with Crippen LogP contribution in [0.4, 0.5) is 4.39 Å². The second kappa shape index (κ2) is 8.56. The predicted molar refractivity (Wildman–Crippen MR) is 120 cm³/mol. The Hall–Kier alpha value is -3.11. The lowest BCUT2D eigenvalue weighted by Gasteiger charge is -2.12. The van der Waals surface area contributed by atoms with E-state index >= 15 is 0 Å². The molecule has 1 aliphatic rings. The standard InChI is InChI=1S/C26H22ClFO3/c1-15(2)18-6-4-17(5-7-18)12-24-25(29)21-10-11-23(16(3)26(21)31-24)30-14-19-8-9-20(28)13-22(19)27/h4-13,15H,14H2,1-3H3/b24-12-. The van der Waals surface area contributed by atoms with Crippen LogP contribution in [0.15, 0.2) is 60.4 Å². The third-order valence-corrected chi connectivity index (χ3v) is 5.69. The molecule has 0 saturated heterocycles. The number of fused-ring (bicyclic) bond motifs is 1. The fraction of sp³-hybridized carbons (Fsp3) is 0.192. The van der Waals surface area contributed by atoms with Crippen LogP contribution in [0.25, 0.3) is 6.08 Å². The highest BCUT2D eigenvalue weighted by molar-refractivity contribution is 6.31. The summed E-state index contributed by atoms with van der Waals surface area (Å²) in [5, 5.41) is 0.305. The van der Waals surface area contributed by atoms with Crippen molar-refractivity contribution in [1.82, 2.24) is 0 Å². The molecule has 0 atom stereocenters. The third-order valence-electron chi connectivity index (χ3n) is 5.34. The van der Waals surface area contributed by atoms with E-state index in [4.69, 9.17) is 21.1 Å². The number of carbonyl (C=O) groups excluding carboxylic acids is 1. The molecule has 31 heavy (non-hydrogen) atoms. The molecule has 0 fully saturated rings. The molecule has 0 aromatic heterocycles. The number of ketones is 1. The SMILES string of the molecule is Cc1c(OCc2ccc(F)cc2Cl)ccc2c1O/C(=C\c1ccc(C(C)C)cc1)C2=O. The maximum atomic E-state index is 13.2. The number of hydrogen-bond acceptors (Lipinski definition) is 3. The molecule has 5 heteroatoms. The molecular weight excluding hydrogens is 415 g/mol. The molecule has 1 heterocycles. The summed E-state index contributed by atoms with van der Waals surface area (Å²) in [6.07, 6.45) is 1.75. The van der Waals surface area contributed by atoms with Crippen molar-refractivity contribution in [2.45, 2.75) is 33.3 Å². The second-order valence-corrected chi connectivity index (χ2v) is 8.26. The number of rotatable bonds is 5. The first-order valence-corrected chi connectivity index (χ1v) is 10.5. The summed E-state index contributed by atoms with van der Waals surface area (Å²) in [4.78, 5) is 12.8. The average molecular weight is 437 g/mol. The highest BCUT2D eigenvalue weighted by atomic mass is 35.5. The van der Waals surface area contributed by atoms with Crippen molar-refractivity contribution in [1.29, 1.82) is 0 Å². The van der Waals surface area contributed by atoms with Crippen LogP contribution >= 0.6 is 11.6 Å². The lowest BCUT2D eigenvalue weighted by atomic mass is 10.0. The molecule has 3 aromatic rings. The van der Waals surface area contributed by atoms with E-state index in [1.807, 2.05) is 19.1 Å². The third kappa shape index (κ3) is 4.35. The lowest BCUT2D eigenvalue weighted by Crippen LogP contribution is -1.99. The molecule has 0 spiro atoms. The Kier molecular flexibility index (Phi) is 5.84. The van der Waals surface area contributed by atoms with Crippen LogP contribution in [-0.2, 0) is 6.61 Å². The highest BCUT2D eigenvalue weighted by Crippen LogP contribution is 2.39. The fourth-order valence-electron chi connectivity index (χ4n) is 3.45. The van der Waals surface area contributed by atoms with Crippen LogP contribution in [0.1, 0.15) is 52.4 Å². The predicted octanol–water partition coefficient (Wildman–Crippen LogP) is 7.11. The van der Waals surface area contributed by atoms with Gasteiger partial charge in [-0.1, -0.05) is 55.8 Å². The second-order valence-electron chi connectivity index (χ2n) is 7.85. The van der Waals surface area contributed by atoms with Gasteiger partial charge in [-0.2, -0.15) is 0 Å². The molecule has 3 nitrogen and oxygen atoms in total. The number of halogens is 2. The maximum Gasteiger partial charge on any atom is 0.231 e. The number of hydrogen-bond donors (Lipinski definition) is 0. The summed E-state index contributed by atoms with van der Waals surface area (Å²) in [6, 6.07) is 15.7.